The quantitative estimate of drug-likeness (QED) is 0.579. The predicted octanol–water partition coefficient (Wildman–Crippen LogP) is 4.88. The van der Waals surface area contributed by atoms with Gasteiger partial charge in [-0.3, -0.25) is 9.59 Å². The van der Waals surface area contributed by atoms with Crippen LogP contribution in [0.5, 0.6) is 0 Å². The Morgan fingerprint density at radius 1 is 1.04 bits per heavy atom. The van der Waals surface area contributed by atoms with Crippen molar-refractivity contribution in [3.63, 3.8) is 0 Å². The third kappa shape index (κ3) is 3.80. The molecule has 1 N–H and O–H groups in total. The van der Waals surface area contributed by atoms with Crippen LogP contribution < -0.4 is 5.32 Å². The first-order valence-electron chi connectivity index (χ1n) is 8.90. The zero-order valence-corrected chi connectivity index (χ0v) is 15.4. The van der Waals surface area contributed by atoms with Gasteiger partial charge in [0.15, 0.2) is 5.78 Å². The first kappa shape index (κ1) is 18.6. The fourth-order valence-electron chi connectivity index (χ4n) is 3.35. The molecule has 1 amide bonds. The van der Waals surface area contributed by atoms with Crippen LogP contribution in [0.15, 0.2) is 42.5 Å². The molecule has 0 radical (unpaired) electrons. The van der Waals surface area contributed by atoms with Gasteiger partial charge in [0.2, 0.25) is 5.91 Å². The topological polar surface area (TPSA) is 46.2 Å². The van der Waals surface area contributed by atoms with E-state index in [0.717, 1.165) is 30.4 Å². The normalized spacial score (nSPS) is 19.7. The highest BCUT2D eigenvalue weighted by Gasteiger charge is 2.42. The third-order valence-electron chi connectivity index (χ3n) is 4.79. The molecule has 0 spiro atoms. The van der Waals surface area contributed by atoms with Crippen molar-refractivity contribution in [2.24, 2.45) is 0 Å². The lowest BCUT2D eigenvalue weighted by Gasteiger charge is -2.12. The summed E-state index contributed by atoms with van der Waals surface area (Å²) < 4.78 is 13.1. The Morgan fingerprint density at radius 3 is 2.42 bits per heavy atom. The highest BCUT2D eigenvalue weighted by Crippen LogP contribution is 2.34. The third-order valence-corrected chi connectivity index (χ3v) is 5.13. The molecular formula is C21H21ClFNO2. The molecule has 0 saturated carbocycles. The second-order valence-electron chi connectivity index (χ2n) is 6.64. The van der Waals surface area contributed by atoms with Gasteiger partial charge in [-0.05, 0) is 47.4 Å². The van der Waals surface area contributed by atoms with Crippen molar-refractivity contribution >= 4 is 23.3 Å². The van der Waals surface area contributed by atoms with Crippen LogP contribution in [-0.2, 0) is 9.59 Å². The summed E-state index contributed by atoms with van der Waals surface area (Å²) in [4.78, 5) is 25.2. The SMILES string of the molecule is CCCCCC1NC(=O)C(c2cc(-c3ccc(F)cc3)ccc2Cl)C1=O. The fraction of sp³-hybridized carbons (Fsp3) is 0.333. The first-order chi connectivity index (χ1) is 12.5. The second kappa shape index (κ2) is 8.00. The zero-order valence-electron chi connectivity index (χ0n) is 14.6. The molecule has 1 saturated heterocycles. The summed E-state index contributed by atoms with van der Waals surface area (Å²) in [6.45, 7) is 2.10. The minimum atomic E-state index is -0.880. The van der Waals surface area contributed by atoms with E-state index in [1.165, 1.54) is 12.1 Å². The summed E-state index contributed by atoms with van der Waals surface area (Å²) >= 11 is 6.30. The van der Waals surface area contributed by atoms with E-state index >= 15 is 0 Å². The largest absolute Gasteiger partial charge is 0.345 e. The summed E-state index contributed by atoms with van der Waals surface area (Å²) in [6, 6.07) is 10.9. The van der Waals surface area contributed by atoms with Gasteiger partial charge < -0.3 is 5.32 Å². The Hall–Kier alpha value is -2.20. The summed E-state index contributed by atoms with van der Waals surface area (Å²) in [5, 5.41) is 3.20. The number of hydrogen-bond acceptors (Lipinski definition) is 2. The number of hydrogen-bond donors (Lipinski definition) is 1. The van der Waals surface area contributed by atoms with Gasteiger partial charge >= 0.3 is 0 Å². The average molecular weight is 374 g/mol. The van der Waals surface area contributed by atoms with Crippen molar-refractivity contribution in [3.8, 4) is 11.1 Å². The van der Waals surface area contributed by atoms with E-state index in [1.54, 1.807) is 30.3 Å². The lowest BCUT2D eigenvalue weighted by atomic mass is 9.90. The Kier molecular flexibility index (Phi) is 5.72. The number of unbranched alkanes of at least 4 members (excludes halogenated alkanes) is 2. The monoisotopic (exact) mass is 373 g/mol. The molecule has 1 aliphatic rings. The van der Waals surface area contributed by atoms with E-state index in [0.29, 0.717) is 17.0 Å². The van der Waals surface area contributed by atoms with Gasteiger partial charge in [0.25, 0.3) is 0 Å². The molecule has 136 valence electrons. The van der Waals surface area contributed by atoms with Crippen molar-refractivity contribution in [2.45, 2.75) is 44.6 Å². The zero-order chi connectivity index (χ0) is 18.7. The van der Waals surface area contributed by atoms with Crippen LogP contribution in [0.25, 0.3) is 11.1 Å². The summed E-state index contributed by atoms with van der Waals surface area (Å²) in [6.07, 6.45) is 3.66. The van der Waals surface area contributed by atoms with Crippen LogP contribution in [-0.4, -0.2) is 17.7 Å². The Labute approximate surface area is 157 Å². The van der Waals surface area contributed by atoms with Crippen molar-refractivity contribution in [1.29, 1.82) is 0 Å². The maximum atomic E-state index is 13.1. The van der Waals surface area contributed by atoms with Gasteiger partial charge in [0, 0.05) is 5.02 Å². The summed E-state index contributed by atoms with van der Waals surface area (Å²) in [5.74, 6) is -1.61. The van der Waals surface area contributed by atoms with Crippen molar-refractivity contribution in [3.05, 3.63) is 58.9 Å². The average Bonchev–Trinajstić information content (AvgIpc) is 2.90. The molecule has 26 heavy (non-hydrogen) atoms. The molecule has 0 bridgehead atoms. The Balaban J connectivity index is 1.88. The summed E-state index contributed by atoms with van der Waals surface area (Å²) in [7, 11) is 0. The van der Waals surface area contributed by atoms with Crippen molar-refractivity contribution in [2.75, 3.05) is 0 Å². The molecule has 0 aliphatic carbocycles. The van der Waals surface area contributed by atoms with Gasteiger partial charge in [-0.15, -0.1) is 0 Å². The van der Waals surface area contributed by atoms with Gasteiger partial charge in [0.05, 0.1) is 6.04 Å². The molecule has 5 heteroatoms. The Morgan fingerprint density at radius 2 is 1.73 bits per heavy atom. The van der Waals surface area contributed by atoms with Crippen LogP contribution in [0.3, 0.4) is 0 Å². The van der Waals surface area contributed by atoms with E-state index < -0.39 is 12.0 Å². The van der Waals surface area contributed by atoms with Crippen LogP contribution in [0.4, 0.5) is 4.39 Å². The number of carbonyl (C=O) groups is 2. The predicted molar refractivity (Wildman–Crippen MR) is 101 cm³/mol. The summed E-state index contributed by atoms with van der Waals surface area (Å²) in [5.41, 5.74) is 2.10. The molecule has 3 rings (SSSR count). The lowest BCUT2D eigenvalue weighted by Crippen LogP contribution is -2.28. The molecular weight excluding hydrogens is 353 g/mol. The highest BCUT2D eigenvalue weighted by molar-refractivity contribution is 6.32. The molecule has 0 aromatic heterocycles. The van der Waals surface area contributed by atoms with Crippen LogP contribution >= 0.6 is 11.6 Å². The number of ketones is 1. The minimum Gasteiger partial charge on any atom is -0.345 e. The van der Waals surface area contributed by atoms with Crippen LogP contribution in [0.2, 0.25) is 5.02 Å². The lowest BCUT2D eigenvalue weighted by molar-refractivity contribution is -0.124. The molecule has 2 aromatic rings. The van der Waals surface area contributed by atoms with Crippen molar-refractivity contribution < 1.29 is 14.0 Å². The van der Waals surface area contributed by atoms with E-state index in [2.05, 4.69) is 12.2 Å². The number of rotatable bonds is 6. The highest BCUT2D eigenvalue weighted by atomic mass is 35.5. The Bertz CT molecular complexity index is 819. The smallest absolute Gasteiger partial charge is 0.235 e. The number of nitrogens with one attached hydrogen (secondary N) is 1. The molecule has 2 atom stereocenters. The number of Topliss-reactive ketones (excluding diaryl/α,β-unsaturated/α-hetero) is 1. The molecule has 1 heterocycles. The number of amides is 1. The van der Waals surface area contributed by atoms with Gasteiger partial charge in [-0.25, -0.2) is 4.39 Å². The standard InChI is InChI=1S/C21H21ClFNO2/c1-2-3-4-5-18-20(25)19(21(26)24-18)16-12-14(8-11-17(16)22)13-6-9-15(23)10-7-13/h6-12,18-19H,2-5H2,1H3,(H,24,26). The molecule has 2 unspecified atom stereocenters. The first-order valence-corrected chi connectivity index (χ1v) is 9.28. The van der Waals surface area contributed by atoms with Crippen molar-refractivity contribution in [1.82, 2.24) is 5.32 Å². The number of benzene rings is 2. The van der Waals surface area contributed by atoms with E-state index in [-0.39, 0.29) is 17.5 Å². The van der Waals surface area contributed by atoms with Gasteiger partial charge in [0.1, 0.15) is 11.7 Å². The van der Waals surface area contributed by atoms with Crippen LogP contribution in [0.1, 0.15) is 44.1 Å². The molecule has 3 nitrogen and oxygen atoms in total. The maximum absolute atomic E-state index is 13.1. The second-order valence-corrected chi connectivity index (χ2v) is 7.04. The number of halogens is 2. The molecule has 1 aliphatic heterocycles. The van der Waals surface area contributed by atoms with Gasteiger partial charge in [-0.1, -0.05) is 56.0 Å². The van der Waals surface area contributed by atoms with Gasteiger partial charge in [-0.2, -0.15) is 0 Å². The fourth-order valence-corrected chi connectivity index (χ4v) is 3.58. The maximum Gasteiger partial charge on any atom is 0.235 e. The van der Waals surface area contributed by atoms with E-state index in [9.17, 15) is 14.0 Å². The van der Waals surface area contributed by atoms with E-state index in [1.807, 2.05) is 0 Å². The molecule has 1 fully saturated rings. The number of carbonyl (C=O) groups excluding carboxylic acids is 2. The molecule has 2 aromatic carbocycles. The minimum absolute atomic E-state index is 0.121. The van der Waals surface area contributed by atoms with E-state index in [4.69, 9.17) is 11.6 Å². The van der Waals surface area contributed by atoms with Crippen LogP contribution in [0, 0.1) is 5.82 Å².